The van der Waals surface area contributed by atoms with Gasteiger partial charge in [0.1, 0.15) is 11.3 Å². The number of nitrogens with one attached hydrogen (secondary N) is 1. The van der Waals surface area contributed by atoms with Gasteiger partial charge in [-0.05, 0) is 35.9 Å². The number of rotatable bonds is 3. The summed E-state index contributed by atoms with van der Waals surface area (Å²) >= 11 is 0. The molecule has 9 nitrogen and oxygen atoms in total. The lowest BCUT2D eigenvalue weighted by molar-refractivity contribution is -0.130. The standard InChI is InChI=1S/C19H16N4O5/c1-21-14-6-5-11(9-15(14)22(2)19(21)27)8-13-16(24)20-18(26)23(17(13)25)10-12-4-3-7-28-12/h3-9H,10H2,1-2H3,(H,20,24,26)/b13-8+. The summed E-state index contributed by atoms with van der Waals surface area (Å²) in [7, 11) is 3.31. The van der Waals surface area contributed by atoms with Crippen molar-refractivity contribution in [1.82, 2.24) is 19.4 Å². The van der Waals surface area contributed by atoms with Crippen LogP contribution in [0.25, 0.3) is 17.1 Å². The van der Waals surface area contributed by atoms with Crippen molar-refractivity contribution in [2.45, 2.75) is 6.54 Å². The number of aryl methyl sites for hydroxylation is 2. The molecular formula is C19H16N4O5. The third kappa shape index (κ3) is 2.73. The fourth-order valence-electron chi connectivity index (χ4n) is 3.18. The molecule has 0 saturated carbocycles. The number of carbonyl (C=O) groups is 3. The molecular weight excluding hydrogens is 364 g/mol. The van der Waals surface area contributed by atoms with Gasteiger partial charge in [0.05, 0.1) is 23.8 Å². The number of fused-ring (bicyclic) bond motifs is 1. The van der Waals surface area contributed by atoms with Crippen molar-refractivity contribution < 1.29 is 18.8 Å². The first kappa shape index (κ1) is 17.5. The van der Waals surface area contributed by atoms with Gasteiger partial charge in [-0.2, -0.15) is 0 Å². The van der Waals surface area contributed by atoms with Crippen LogP contribution < -0.4 is 11.0 Å². The van der Waals surface area contributed by atoms with Crippen molar-refractivity contribution in [3.63, 3.8) is 0 Å². The lowest BCUT2D eigenvalue weighted by Gasteiger charge is -2.25. The van der Waals surface area contributed by atoms with Crippen LogP contribution >= 0.6 is 0 Å². The Morgan fingerprint density at radius 2 is 1.79 bits per heavy atom. The zero-order valence-electron chi connectivity index (χ0n) is 15.1. The van der Waals surface area contributed by atoms with Crippen LogP contribution in [-0.2, 0) is 30.2 Å². The highest BCUT2D eigenvalue weighted by atomic mass is 16.3. The summed E-state index contributed by atoms with van der Waals surface area (Å²) in [5.41, 5.74) is 1.59. The molecule has 1 aromatic carbocycles. The minimum Gasteiger partial charge on any atom is -0.467 e. The van der Waals surface area contributed by atoms with Crippen molar-refractivity contribution in [3.05, 3.63) is 64.0 Å². The zero-order valence-corrected chi connectivity index (χ0v) is 15.1. The van der Waals surface area contributed by atoms with Crippen LogP contribution in [0.4, 0.5) is 4.79 Å². The SMILES string of the molecule is Cn1c(=O)n(C)c2cc(/C=C3\C(=O)NC(=O)N(Cc4ccco4)C3=O)ccc21. The van der Waals surface area contributed by atoms with Gasteiger partial charge in [-0.1, -0.05) is 6.07 Å². The third-order valence-corrected chi connectivity index (χ3v) is 4.69. The van der Waals surface area contributed by atoms with Crippen LogP contribution in [-0.4, -0.2) is 31.9 Å². The average Bonchev–Trinajstić information content (AvgIpc) is 3.26. The molecule has 0 atom stereocenters. The molecule has 28 heavy (non-hydrogen) atoms. The fourth-order valence-corrected chi connectivity index (χ4v) is 3.18. The van der Waals surface area contributed by atoms with Gasteiger partial charge in [-0.3, -0.25) is 28.9 Å². The van der Waals surface area contributed by atoms with Gasteiger partial charge in [-0.25, -0.2) is 9.59 Å². The summed E-state index contributed by atoms with van der Waals surface area (Å²) in [5, 5.41) is 2.16. The van der Waals surface area contributed by atoms with Gasteiger partial charge in [0.2, 0.25) is 0 Å². The van der Waals surface area contributed by atoms with Crippen molar-refractivity contribution in [3.8, 4) is 0 Å². The van der Waals surface area contributed by atoms with E-state index in [9.17, 15) is 19.2 Å². The van der Waals surface area contributed by atoms with Gasteiger partial charge < -0.3 is 4.42 Å². The molecule has 1 saturated heterocycles. The minimum atomic E-state index is -0.801. The smallest absolute Gasteiger partial charge is 0.331 e. The van der Waals surface area contributed by atoms with Crippen LogP contribution in [0.1, 0.15) is 11.3 Å². The second-order valence-electron chi connectivity index (χ2n) is 6.44. The number of barbiturate groups is 1. The quantitative estimate of drug-likeness (QED) is 0.542. The van der Waals surface area contributed by atoms with Crippen molar-refractivity contribution >= 4 is 35.0 Å². The molecule has 2 aromatic heterocycles. The Kier molecular flexibility index (Phi) is 3.99. The summed E-state index contributed by atoms with van der Waals surface area (Å²) in [5.74, 6) is -1.07. The first-order valence-corrected chi connectivity index (χ1v) is 8.43. The number of hydrogen-bond donors (Lipinski definition) is 1. The van der Waals surface area contributed by atoms with Crippen molar-refractivity contribution in [2.24, 2.45) is 14.1 Å². The van der Waals surface area contributed by atoms with E-state index in [1.807, 2.05) is 0 Å². The van der Waals surface area contributed by atoms with Gasteiger partial charge >= 0.3 is 11.7 Å². The van der Waals surface area contributed by atoms with E-state index in [4.69, 9.17) is 4.42 Å². The molecule has 142 valence electrons. The Labute approximate surface area is 158 Å². The molecule has 0 radical (unpaired) electrons. The molecule has 4 amide bonds. The largest absolute Gasteiger partial charge is 0.467 e. The van der Waals surface area contributed by atoms with Gasteiger partial charge in [0, 0.05) is 14.1 Å². The number of furan rings is 1. The normalized spacial score (nSPS) is 16.3. The monoisotopic (exact) mass is 380 g/mol. The number of nitrogens with zero attached hydrogens (tertiary/aromatic N) is 3. The Hall–Kier alpha value is -3.88. The summed E-state index contributed by atoms with van der Waals surface area (Å²) < 4.78 is 8.16. The van der Waals surface area contributed by atoms with Crippen molar-refractivity contribution in [1.29, 1.82) is 0 Å². The molecule has 0 spiro atoms. The summed E-state index contributed by atoms with van der Waals surface area (Å²) in [6.07, 6.45) is 2.83. The minimum absolute atomic E-state index is 0.0888. The molecule has 4 rings (SSSR count). The van der Waals surface area contributed by atoms with E-state index in [0.717, 1.165) is 10.4 Å². The third-order valence-electron chi connectivity index (χ3n) is 4.69. The van der Waals surface area contributed by atoms with Crippen molar-refractivity contribution in [2.75, 3.05) is 0 Å². The number of benzene rings is 1. The maximum Gasteiger partial charge on any atom is 0.331 e. The first-order chi connectivity index (χ1) is 13.4. The highest BCUT2D eigenvalue weighted by molar-refractivity contribution is 6.31. The predicted molar refractivity (Wildman–Crippen MR) is 98.9 cm³/mol. The van der Waals surface area contributed by atoms with Gasteiger partial charge in [-0.15, -0.1) is 0 Å². The molecule has 1 fully saturated rings. The Bertz CT molecular complexity index is 1210. The second-order valence-corrected chi connectivity index (χ2v) is 6.44. The van der Waals surface area contributed by atoms with E-state index in [1.165, 1.54) is 21.5 Å². The first-order valence-electron chi connectivity index (χ1n) is 8.43. The van der Waals surface area contributed by atoms with E-state index < -0.39 is 17.8 Å². The maximum absolute atomic E-state index is 12.7. The van der Waals surface area contributed by atoms with E-state index in [0.29, 0.717) is 16.8 Å². The number of carbonyl (C=O) groups excluding carboxylic acids is 3. The van der Waals surface area contributed by atoms with E-state index in [-0.39, 0.29) is 17.8 Å². The van der Waals surface area contributed by atoms with Crippen LogP contribution in [0, 0.1) is 0 Å². The average molecular weight is 380 g/mol. The zero-order chi connectivity index (χ0) is 20.0. The number of aromatic nitrogens is 2. The lowest BCUT2D eigenvalue weighted by Crippen LogP contribution is -2.53. The molecule has 0 unspecified atom stereocenters. The molecule has 9 heteroatoms. The molecule has 1 aliphatic heterocycles. The van der Waals surface area contributed by atoms with E-state index in [1.54, 1.807) is 44.4 Å². The highest BCUT2D eigenvalue weighted by Gasteiger charge is 2.36. The predicted octanol–water partition coefficient (Wildman–Crippen LogP) is 1.13. The summed E-state index contributed by atoms with van der Waals surface area (Å²) in [6, 6.07) is 7.61. The van der Waals surface area contributed by atoms with Gasteiger partial charge in [0.15, 0.2) is 0 Å². The van der Waals surface area contributed by atoms with E-state index in [2.05, 4.69) is 5.32 Å². The number of hydrogen-bond acceptors (Lipinski definition) is 5. The number of imidazole rings is 1. The fraction of sp³-hybridized carbons (Fsp3) is 0.158. The molecule has 1 N–H and O–H groups in total. The molecule has 3 heterocycles. The van der Waals surface area contributed by atoms with E-state index >= 15 is 0 Å². The Morgan fingerprint density at radius 1 is 1.04 bits per heavy atom. The molecule has 0 aliphatic carbocycles. The number of urea groups is 1. The van der Waals surface area contributed by atoms with Crippen LogP contribution in [0.5, 0.6) is 0 Å². The van der Waals surface area contributed by atoms with Crippen LogP contribution in [0.3, 0.4) is 0 Å². The Balaban J connectivity index is 1.73. The maximum atomic E-state index is 12.7. The lowest BCUT2D eigenvalue weighted by atomic mass is 10.1. The molecule has 3 aromatic rings. The number of amides is 4. The Morgan fingerprint density at radius 3 is 2.50 bits per heavy atom. The van der Waals surface area contributed by atoms with Crippen LogP contribution in [0.15, 0.2) is 51.4 Å². The summed E-state index contributed by atoms with van der Waals surface area (Å²) in [4.78, 5) is 50.0. The number of imide groups is 2. The molecule has 0 bridgehead atoms. The highest BCUT2D eigenvalue weighted by Crippen LogP contribution is 2.20. The van der Waals surface area contributed by atoms with Gasteiger partial charge in [0.25, 0.3) is 11.8 Å². The topological polar surface area (TPSA) is 107 Å². The van der Waals surface area contributed by atoms with Crippen LogP contribution in [0.2, 0.25) is 0 Å². The summed E-state index contributed by atoms with van der Waals surface area (Å²) in [6.45, 7) is -0.0888. The second kappa shape index (κ2) is 6.38. The molecule has 1 aliphatic rings.